The highest BCUT2D eigenvalue weighted by Gasteiger charge is 2.22. The molecule has 1 aliphatic carbocycles. The lowest BCUT2D eigenvalue weighted by atomic mass is 10.3. The molecule has 0 amide bonds. The summed E-state index contributed by atoms with van der Waals surface area (Å²) in [4.78, 5) is 22.1. The number of rotatable bonds is 5. The molecule has 0 radical (unpaired) electrons. The number of aromatic nitrogens is 4. The normalized spacial score (nSPS) is 17.9. The van der Waals surface area contributed by atoms with Crippen LogP contribution in [0.1, 0.15) is 18.7 Å². The van der Waals surface area contributed by atoms with Crippen LogP contribution in [0.4, 0.5) is 17.5 Å². The average molecular weight is 325 g/mol. The van der Waals surface area contributed by atoms with E-state index in [1.165, 1.54) is 12.8 Å². The summed E-state index contributed by atoms with van der Waals surface area (Å²) in [6.45, 7) is 6.69. The molecule has 1 saturated heterocycles. The maximum Gasteiger partial charge on any atom is 0.134 e. The number of nitrogens with zero attached hydrogens (tertiary/aromatic N) is 6. The molecule has 1 saturated carbocycles. The molecular weight excluding hydrogens is 302 g/mol. The molecule has 0 bridgehead atoms. The minimum Gasteiger partial charge on any atom is -0.370 e. The van der Waals surface area contributed by atoms with Gasteiger partial charge in [0.1, 0.15) is 29.6 Å². The first-order chi connectivity index (χ1) is 11.8. The molecule has 7 heteroatoms. The van der Waals surface area contributed by atoms with Gasteiger partial charge in [0.15, 0.2) is 0 Å². The van der Waals surface area contributed by atoms with E-state index in [1.807, 2.05) is 19.2 Å². The van der Waals surface area contributed by atoms with E-state index in [2.05, 4.69) is 41.1 Å². The van der Waals surface area contributed by atoms with E-state index in [4.69, 9.17) is 0 Å². The van der Waals surface area contributed by atoms with E-state index in [0.717, 1.165) is 61.9 Å². The van der Waals surface area contributed by atoms with Crippen LogP contribution >= 0.6 is 0 Å². The van der Waals surface area contributed by atoms with Gasteiger partial charge in [-0.05, 0) is 31.7 Å². The van der Waals surface area contributed by atoms with Crippen molar-refractivity contribution in [2.24, 2.45) is 5.92 Å². The molecule has 2 fully saturated rings. The fourth-order valence-electron chi connectivity index (χ4n) is 2.97. The summed E-state index contributed by atoms with van der Waals surface area (Å²) in [6, 6.07) is 4.04. The second-order valence-corrected chi connectivity index (χ2v) is 6.52. The average Bonchev–Trinajstić information content (AvgIpc) is 3.45. The molecule has 0 aromatic carbocycles. The Kier molecular flexibility index (Phi) is 4.15. The first kappa shape index (κ1) is 15.1. The number of hydrogen-bond acceptors (Lipinski definition) is 7. The Morgan fingerprint density at radius 1 is 1.04 bits per heavy atom. The van der Waals surface area contributed by atoms with Crippen LogP contribution in [-0.4, -0.2) is 52.7 Å². The van der Waals surface area contributed by atoms with Crippen molar-refractivity contribution in [3.63, 3.8) is 0 Å². The second kappa shape index (κ2) is 6.59. The largest absolute Gasteiger partial charge is 0.370 e. The van der Waals surface area contributed by atoms with Gasteiger partial charge in [-0.1, -0.05) is 0 Å². The van der Waals surface area contributed by atoms with Gasteiger partial charge in [-0.3, -0.25) is 0 Å². The molecule has 1 N–H and O–H groups in total. The summed E-state index contributed by atoms with van der Waals surface area (Å²) in [6.07, 6.45) is 6.17. The summed E-state index contributed by atoms with van der Waals surface area (Å²) >= 11 is 0. The topological polar surface area (TPSA) is 70.1 Å². The number of nitrogens with one attached hydrogen (secondary N) is 1. The third-order valence-electron chi connectivity index (χ3n) is 4.61. The predicted molar refractivity (Wildman–Crippen MR) is 94.4 cm³/mol. The van der Waals surface area contributed by atoms with Crippen LogP contribution in [0.15, 0.2) is 24.7 Å². The van der Waals surface area contributed by atoms with Gasteiger partial charge >= 0.3 is 0 Å². The Bertz CT molecular complexity index is 693. The van der Waals surface area contributed by atoms with Gasteiger partial charge in [0.2, 0.25) is 0 Å². The van der Waals surface area contributed by atoms with Crippen LogP contribution in [0, 0.1) is 12.8 Å². The van der Waals surface area contributed by atoms with Crippen molar-refractivity contribution in [1.29, 1.82) is 0 Å². The highest BCUT2D eigenvalue weighted by Crippen LogP contribution is 2.29. The van der Waals surface area contributed by atoms with Gasteiger partial charge in [-0.2, -0.15) is 0 Å². The van der Waals surface area contributed by atoms with Crippen molar-refractivity contribution >= 4 is 17.5 Å². The van der Waals surface area contributed by atoms with Crippen LogP contribution in [0.3, 0.4) is 0 Å². The first-order valence-corrected chi connectivity index (χ1v) is 8.63. The van der Waals surface area contributed by atoms with E-state index < -0.39 is 0 Å². The van der Waals surface area contributed by atoms with E-state index in [0.29, 0.717) is 0 Å². The minimum atomic E-state index is 0.817. The number of aryl methyl sites for hydroxylation is 1. The first-order valence-electron chi connectivity index (χ1n) is 8.63. The number of hydrogen-bond donors (Lipinski definition) is 1. The van der Waals surface area contributed by atoms with E-state index in [1.54, 1.807) is 6.33 Å². The van der Waals surface area contributed by atoms with Crippen molar-refractivity contribution in [3.05, 3.63) is 30.5 Å². The monoisotopic (exact) mass is 325 g/mol. The van der Waals surface area contributed by atoms with Crippen LogP contribution in [0.2, 0.25) is 0 Å². The maximum absolute atomic E-state index is 4.52. The number of piperazine rings is 1. The highest BCUT2D eigenvalue weighted by molar-refractivity contribution is 5.50. The van der Waals surface area contributed by atoms with Gasteiger partial charge in [0.25, 0.3) is 0 Å². The Morgan fingerprint density at radius 3 is 2.50 bits per heavy atom. The molecular formula is C17H23N7. The lowest BCUT2D eigenvalue weighted by Gasteiger charge is -2.36. The Balaban J connectivity index is 1.37. The molecule has 1 aliphatic heterocycles. The molecule has 7 nitrogen and oxygen atoms in total. The summed E-state index contributed by atoms with van der Waals surface area (Å²) in [5.74, 6) is 4.60. The maximum atomic E-state index is 4.52. The predicted octanol–water partition coefficient (Wildman–Crippen LogP) is 1.72. The van der Waals surface area contributed by atoms with Crippen LogP contribution in [-0.2, 0) is 0 Å². The third-order valence-corrected chi connectivity index (χ3v) is 4.61. The van der Waals surface area contributed by atoms with Crippen molar-refractivity contribution in [1.82, 2.24) is 19.9 Å². The van der Waals surface area contributed by atoms with Crippen molar-refractivity contribution in [3.8, 4) is 0 Å². The smallest absolute Gasteiger partial charge is 0.134 e. The zero-order valence-corrected chi connectivity index (χ0v) is 14.0. The van der Waals surface area contributed by atoms with Crippen LogP contribution in [0.5, 0.6) is 0 Å². The quantitative estimate of drug-likeness (QED) is 0.897. The molecule has 2 aromatic rings. The van der Waals surface area contributed by atoms with Crippen LogP contribution < -0.4 is 15.1 Å². The molecule has 0 atom stereocenters. The SMILES string of the molecule is Cc1nccc(N2CCN(c3cc(NCC4CC4)ncn3)CC2)n1. The Labute approximate surface area is 142 Å². The zero-order chi connectivity index (χ0) is 16.4. The molecule has 0 spiro atoms. The van der Waals surface area contributed by atoms with Crippen molar-refractivity contribution in [2.45, 2.75) is 19.8 Å². The highest BCUT2D eigenvalue weighted by atomic mass is 15.3. The van der Waals surface area contributed by atoms with Gasteiger partial charge in [-0.25, -0.2) is 19.9 Å². The molecule has 4 rings (SSSR count). The van der Waals surface area contributed by atoms with Crippen molar-refractivity contribution < 1.29 is 0 Å². The molecule has 2 aromatic heterocycles. The summed E-state index contributed by atoms with van der Waals surface area (Å²) in [5.41, 5.74) is 0. The summed E-state index contributed by atoms with van der Waals surface area (Å²) < 4.78 is 0. The molecule has 2 aliphatic rings. The standard InChI is InChI=1S/C17H23N7/c1-13-18-5-4-16(22-13)23-6-8-24(9-7-23)17-10-15(20-12-21-17)19-11-14-2-3-14/h4-5,10,12,14H,2-3,6-9,11H2,1H3,(H,19,20,21). The fraction of sp³-hybridized carbons (Fsp3) is 0.529. The fourth-order valence-corrected chi connectivity index (χ4v) is 2.97. The molecule has 3 heterocycles. The van der Waals surface area contributed by atoms with E-state index in [-0.39, 0.29) is 0 Å². The molecule has 0 unspecified atom stereocenters. The zero-order valence-electron chi connectivity index (χ0n) is 14.0. The van der Waals surface area contributed by atoms with E-state index in [9.17, 15) is 0 Å². The third kappa shape index (κ3) is 3.55. The Hall–Kier alpha value is -2.44. The van der Waals surface area contributed by atoms with Crippen LogP contribution in [0.25, 0.3) is 0 Å². The van der Waals surface area contributed by atoms with Crippen molar-refractivity contribution in [2.75, 3.05) is 47.8 Å². The summed E-state index contributed by atoms with van der Waals surface area (Å²) in [5, 5.41) is 3.42. The Morgan fingerprint density at radius 2 is 1.79 bits per heavy atom. The molecule has 126 valence electrons. The lowest BCUT2D eigenvalue weighted by molar-refractivity contribution is 0.639. The van der Waals surface area contributed by atoms with Gasteiger partial charge in [-0.15, -0.1) is 0 Å². The summed E-state index contributed by atoms with van der Waals surface area (Å²) in [7, 11) is 0. The second-order valence-electron chi connectivity index (χ2n) is 6.52. The molecule has 24 heavy (non-hydrogen) atoms. The minimum absolute atomic E-state index is 0.817. The van der Waals surface area contributed by atoms with Gasteiger partial charge < -0.3 is 15.1 Å². The lowest BCUT2D eigenvalue weighted by Crippen LogP contribution is -2.47. The van der Waals surface area contributed by atoms with Gasteiger partial charge in [0, 0.05) is 45.0 Å². The van der Waals surface area contributed by atoms with Gasteiger partial charge in [0.05, 0.1) is 0 Å². The van der Waals surface area contributed by atoms with E-state index >= 15 is 0 Å². The number of anilines is 3.